The highest BCUT2D eigenvalue weighted by atomic mass is 19.1. The van der Waals surface area contributed by atoms with E-state index >= 15 is 4.39 Å². The first kappa shape index (κ1) is 24.2. The Hall–Kier alpha value is -4.12. The number of nitrogens with one attached hydrogen (secondary N) is 2. The number of hydrogen-bond acceptors (Lipinski definition) is 7. The van der Waals surface area contributed by atoms with Crippen LogP contribution in [-0.4, -0.2) is 64.8 Å². The highest BCUT2D eigenvalue weighted by Gasteiger charge is 2.31. The zero-order chi connectivity index (χ0) is 26.6. The zero-order valence-electron chi connectivity index (χ0n) is 21.6. The van der Waals surface area contributed by atoms with Gasteiger partial charge in [-0.15, -0.1) is 0 Å². The lowest BCUT2D eigenvalue weighted by Crippen LogP contribution is -2.45. The van der Waals surface area contributed by atoms with Gasteiger partial charge < -0.3 is 23.7 Å². The maximum Gasteiger partial charge on any atom is 0.275 e. The molecule has 6 rings (SSSR count). The molecule has 1 unspecified atom stereocenters. The molecule has 2 N–H and O–H groups in total. The van der Waals surface area contributed by atoms with Crippen LogP contribution in [0.1, 0.15) is 30.2 Å². The van der Waals surface area contributed by atoms with Gasteiger partial charge in [0, 0.05) is 38.9 Å². The van der Waals surface area contributed by atoms with Crippen molar-refractivity contribution in [2.24, 2.45) is 0 Å². The minimum atomic E-state index is -0.626. The van der Waals surface area contributed by atoms with Gasteiger partial charge >= 0.3 is 0 Å². The molecule has 1 atom stereocenters. The number of aromatic nitrogens is 3. The number of fused-ring (bicyclic) bond motifs is 1. The van der Waals surface area contributed by atoms with Gasteiger partial charge in [-0.1, -0.05) is 12.1 Å². The SMILES string of the molecule is CCn1c(NNC(=O)c2cn3c4c(c(N5CCN(C)CC5)c(F)cc4c2=O)OCC3C)nc2ccccc21. The first-order chi connectivity index (χ1) is 18.4. The van der Waals surface area contributed by atoms with Crippen molar-refractivity contribution in [3.63, 3.8) is 0 Å². The number of likely N-dealkylation sites (N-methyl/N-ethyl adjacent to an activating group) is 1. The number of nitrogens with zero attached hydrogens (tertiary/aromatic N) is 5. The molecule has 0 saturated carbocycles. The molecule has 11 heteroatoms. The number of carbonyl (C=O) groups excluding carboxylic acids is 1. The standard InChI is InChI=1S/C27H30FN7O3/c1-4-34-21-8-6-5-7-20(21)29-27(34)31-30-26(37)18-14-35-16(2)15-38-25-22(35)17(24(18)36)13-19(28)23(25)33-11-9-32(3)10-12-33/h5-8,13-14,16H,4,9-12,15H2,1-3H3,(H,29,31)(H,30,37). The molecule has 0 bridgehead atoms. The third kappa shape index (κ3) is 3.85. The summed E-state index contributed by atoms with van der Waals surface area (Å²) in [6.45, 7) is 7.78. The summed E-state index contributed by atoms with van der Waals surface area (Å²) in [6.07, 6.45) is 1.55. The van der Waals surface area contributed by atoms with Crippen molar-refractivity contribution in [3.8, 4) is 5.75 Å². The first-order valence-electron chi connectivity index (χ1n) is 12.9. The average molecular weight is 520 g/mol. The Morgan fingerprint density at radius 3 is 2.74 bits per heavy atom. The topological polar surface area (TPSA) is 96.7 Å². The van der Waals surface area contributed by atoms with Crippen LogP contribution in [0.4, 0.5) is 16.0 Å². The third-order valence-electron chi connectivity index (χ3n) is 7.46. The number of halogens is 1. The second-order valence-corrected chi connectivity index (χ2v) is 9.91. The molecule has 2 aliphatic rings. The molecule has 1 saturated heterocycles. The van der Waals surface area contributed by atoms with Gasteiger partial charge in [-0.2, -0.15) is 0 Å². The summed E-state index contributed by atoms with van der Waals surface area (Å²) in [7, 11) is 2.04. The largest absolute Gasteiger partial charge is 0.487 e. The average Bonchev–Trinajstić information content (AvgIpc) is 3.28. The lowest BCUT2D eigenvalue weighted by atomic mass is 10.0. The van der Waals surface area contributed by atoms with Gasteiger partial charge in [-0.05, 0) is 39.1 Å². The van der Waals surface area contributed by atoms with Gasteiger partial charge in [-0.3, -0.25) is 20.4 Å². The summed E-state index contributed by atoms with van der Waals surface area (Å²) in [5.74, 6) is -0.334. The predicted octanol–water partition coefficient (Wildman–Crippen LogP) is 2.97. The molecule has 1 amide bonds. The fourth-order valence-electron chi connectivity index (χ4n) is 5.37. The second kappa shape index (κ2) is 9.32. The van der Waals surface area contributed by atoms with E-state index < -0.39 is 17.2 Å². The monoisotopic (exact) mass is 519 g/mol. The summed E-state index contributed by atoms with van der Waals surface area (Å²) in [5, 5.41) is 0.121. The molecule has 4 aromatic rings. The summed E-state index contributed by atoms with van der Waals surface area (Å²) in [5.41, 5.74) is 7.44. The van der Waals surface area contributed by atoms with E-state index in [4.69, 9.17) is 4.74 Å². The number of para-hydroxylation sites is 2. The van der Waals surface area contributed by atoms with Gasteiger partial charge in [-0.25, -0.2) is 9.37 Å². The third-order valence-corrected chi connectivity index (χ3v) is 7.46. The lowest BCUT2D eigenvalue weighted by molar-refractivity contribution is 0.0960. The first-order valence-corrected chi connectivity index (χ1v) is 12.9. The number of carbonyl (C=O) groups is 1. The molecule has 2 aromatic carbocycles. The Labute approximate surface area is 218 Å². The maximum atomic E-state index is 15.6. The van der Waals surface area contributed by atoms with Gasteiger partial charge in [0.05, 0.1) is 28.0 Å². The number of benzene rings is 2. The van der Waals surface area contributed by atoms with Gasteiger partial charge in [0.15, 0.2) is 11.6 Å². The quantitative estimate of drug-likeness (QED) is 0.392. The van der Waals surface area contributed by atoms with Crippen LogP contribution in [0.3, 0.4) is 0 Å². The number of hydrogen-bond donors (Lipinski definition) is 2. The number of hydrazine groups is 1. The Morgan fingerprint density at radius 2 is 1.97 bits per heavy atom. The Kier molecular flexibility index (Phi) is 5.94. The highest BCUT2D eigenvalue weighted by Crippen LogP contribution is 2.42. The number of piperazine rings is 1. The molecule has 10 nitrogen and oxygen atoms in total. The second-order valence-electron chi connectivity index (χ2n) is 9.91. The van der Waals surface area contributed by atoms with Crippen molar-refractivity contribution in [2.45, 2.75) is 26.4 Å². The van der Waals surface area contributed by atoms with Crippen molar-refractivity contribution in [2.75, 3.05) is 50.2 Å². The summed E-state index contributed by atoms with van der Waals surface area (Å²) >= 11 is 0. The molecule has 2 aliphatic heterocycles. The van der Waals surface area contributed by atoms with Crippen molar-refractivity contribution >= 4 is 39.5 Å². The zero-order valence-corrected chi connectivity index (χ0v) is 21.6. The van der Waals surface area contributed by atoms with Crippen LogP contribution in [0.15, 0.2) is 41.3 Å². The van der Waals surface area contributed by atoms with Gasteiger partial charge in [0.2, 0.25) is 11.4 Å². The van der Waals surface area contributed by atoms with E-state index in [1.807, 2.05) is 59.2 Å². The van der Waals surface area contributed by atoms with Crippen LogP contribution in [0, 0.1) is 5.82 Å². The van der Waals surface area contributed by atoms with E-state index in [2.05, 4.69) is 20.7 Å². The van der Waals surface area contributed by atoms with E-state index in [0.29, 0.717) is 49.1 Å². The Balaban J connectivity index is 1.38. The van der Waals surface area contributed by atoms with Crippen LogP contribution in [0.25, 0.3) is 21.9 Å². The molecular weight excluding hydrogens is 489 g/mol. The van der Waals surface area contributed by atoms with E-state index in [1.54, 1.807) is 6.20 Å². The van der Waals surface area contributed by atoms with Crippen molar-refractivity contribution in [1.82, 2.24) is 24.4 Å². The number of imidazole rings is 1. The lowest BCUT2D eigenvalue weighted by Gasteiger charge is -2.37. The fraction of sp³-hybridized carbons (Fsp3) is 0.370. The fourth-order valence-corrected chi connectivity index (χ4v) is 5.37. The van der Waals surface area contributed by atoms with Crippen LogP contribution in [0.2, 0.25) is 0 Å². The molecular formula is C27H30FN7O3. The normalized spacial score (nSPS) is 17.6. The summed E-state index contributed by atoms with van der Waals surface area (Å²) < 4.78 is 25.4. The number of pyridine rings is 1. The van der Waals surface area contributed by atoms with E-state index in [9.17, 15) is 9.59 Å². The van der Waals surface area contributed by atoms with Crippen LogP contribution in [0.5, 0.6) is 5.75 Å². The highest BCUT2D eigenvalue weighted by molar-refractivity contribution is 6.00. The van der Waals surface area contributed by atoms with Crippen molar-refractivity contribution in [1.29, 1.82) is 0 Å². The van der Waals surface area contributed by atoms with Crippen molar-refractivity contribution < 1.29 is 13.9 Å². The van der Waals surface area contributed by atoms with Gasteiger partial charge in [0.25, 0.3) is 5.91 Å². The van der Waals surface area contributed by atoms with Crippen LogP contribution in [-0.2, 0) is 6.54 Å². The molecule has 2 aromatic heterocycles. The molecule has 1 fully saturated rings. The van der Waals surface area contributed by atoms with E-state index in [-0.39, 0.29) is 17.0 Å². The number of ether oxygens (including phenoxy) is 1. The number of aryl methyl sites for hydroxylation is 1. The summed E-state index contributed by atoms with van der Waals surface area (Å²) in [4.78, 5) is 35.5. The Morgan fingerprint density at radius 1 is 1.21 bits per heavy atom. The van der Waals surface area contributed by atoms with Crippen molar-refractivity contribution in [3.05, 3.63) is 58.1 Å². The number of anilines is 2. The smallest absolute Gasteiger partial charge is 0.275 e. The minimum Gasteiger partial charge on any atom is -0.487 e. The molecule has 0 spiro atoms. The van der Waals surface area contributed by atoms with E-state index in [1.165, 1.54) is 6.07 Å². The Bertz CT molecular complexity index is 1620. The molecule has 198 valence electrons. The van der Waals surface area contributed by atoms with Crippen LogP contribution >= 0.6 is 0 Å². The maximum absolute atomic E-state index is 15.6. The predicted molar refractivity (Wildman–Crippen MR) is 145 cm³/mol. The minimum absolute atomic E-state index is 0.0874. The van der Waals surface area contributed by atoms with Gasteiger partial charge in [0.1, 0.15) is 17.9 Å². The molecule has 0 aliphatic carbocycles. The summed E-state index contributed by atoms with van der Waals surface area (Å²) in [6, 6.07) is 8.75. The molecule has 0 radical (unpaired) electrons. The van der Waals surface area contributed by atoms with Crippen LogP contribution < -0.4 is 25.9 Å². The molecule has 38 heavy (non-hydrogen) atoms. The number of amides is 1. The van der Waals surface area contributed by atoms with E-state index in [0.717, 1.165) is 24.1 Å². The number of rotatable bonds is 5. The molecule has 4 heterocycles.